The third kappa shape index (κ3) is 4.14. The summed E-state index contributed by atoms with van der Waals surface area (Å²) in [5.74, 6) is -0.0844. The summed E-state index contributed by atoms with van der Waals surface area (Å²) >= 11 is 13.4. The molecule has 2 aromatic carbocycles. The van der Waals surface area contributed by atoms with E-state index in [0.29, 0.717) is 22.8 Å². The van der Waals surface area contributed by atoms with Crippen LogP contribution in [0.2, 0.25) is 10.0 Å². The Bertz CT molecular complexity index is 1180. The van der Waals surface area contributed by atoms with Gasteiger partial charge in [-0.2, -0.15) is 0 Å². The molecule has 0 fully saturated rings. The number of hydrogen-bond donors (Lipinski definition) is 1. The summed E-state index contributed by atoms with van der Waals surface area (Å²) < 4.78 is 28.2. The Balaban J connectivity index is 1.68. The van der Waals surface area contributed by atoms with Crippen molar-refractivity contribution in [2.75, 3.05) is 16.2 Å². The summed E-state index contributed by atoms with van der Waals surface area (Å²) in [5, 5.41) is 2.21. The van der Waals surface area contributed by atoms with Crippen LogP contribution in [0.25, 0.3) is 0 Å². The summed E-state index contributed by atoms with van der Waals surface area (Å²) in [6.45, 7) is 0.583. The maximum Gasteiger partial charge on any atom is 0.268 e. The molecule has 1 amide bonds. The van der Waals surface area contributed by atoms with Gasteiger partial charge in [-0.05, 0) is 60.2 Å². The van der Waals surface area contributed by atoms with Crippen molar-refractivity contribution in [3.8, 4) is 0 Å². The second kappa shape index (κ2) is 7.99. The summed E-state index contributed by atoms with van der Waals surface area (Å²) in [7, 11) is -3.94. The van der Waals surface area contributed by atoms with Crippen molar-refractivity contribution < 1.29 is 13.2 Å². The van der Waals surface area contributed by atoms with Crippen molar-refractivity contribution in [1.82, 2.24) is 0 Å². The number of aryl methyl sites for hydroxylation is 1. The second-order valence-corrected chi connectivity index (χ2v) is 10.0. The summed E-state index contributed by atoms with van der Waals surface area (Å²) in [5.41, 5.74) is 2.07. The van der Waals surface area contributed by atoms with Gasteiger partial charge < -0.3 is 4.90 Å². The number of benzene rings is 2. The minimum absolute atomic E-state index is 0.0781. The van der Waals surface area contributed by atoms with Crippen molar-refractivity contribution in [3.05, 3.63) is 74.4 Å². The molecule has 9 heteroatoms. The molecule has 1 aliphatic rings. The molecule has 1 aromatic heterocycles. The lowest BCUT2D eigenvalue weighted by Crippen LogP contribution is -2.35. The number of thiophene rings is 1. The molecule has 29 heavy (non-hydrogen) atoms. The fraction of sp³-hybridized carbons (Fsp3) is 0.150. The molecule has 1 aliphatic heterocycles. The number of nitrogens with one attached hydrogen (secondary N) is 1. The van der Waals surface area contributed by atoms with E-state index < -0.39 is 10.0 Å². The van der Waals surface area contributed by atoms with Gasteiger partial charge >= 0.3 is 0 Å². The lowest BCUT2D eigenvalue weighted by Gasteiger charge is -2.29. The van der Waals surface area contributed by atoms with Gasteiger partial charge in [-0.15, -0.1) is 11.3 Å². The number of carbonyl (C=O) groups is 1. The van der Waals surface area contributed by atoms with E-state index in [2.05, 4.69) is 4.72 Å². The molecule has 0 unspecified atom stereocenters. The number of sulfonamides is 1. The Hall–Kier alpha value is -2.06. The number of nitrogens with zero attached hydrogens (tertiary/aromatic N) is 1. The Morgan fingerprint density at radius 2 is 1.93 bits per heavy atom. The average molecular weight is 467 g/mol. The molecule has 150 valence electrons. The summed E-state index contributed by atoms with van der Waals surface area (Å²) in [6.07, 6.45) is 1.68. The number of rotatable bonds is 4. The molecule has 0 atom stereocenters. The van der Waals surface area contributed by atoms with Crippen LogP contribution in [0.1, 0.15) is 21.7 Å². The number of fused-ring (bicyclic) bond motifs is 1. The van der Waals surface area contributed by atoms with Gasteiger partial charge in [0.15, 0.2) is 0 Å². The Morgan fingerprint density at radius 1 is 1.10 bits per heavy atom. The zero-order chi connectivity index (χ0) is 20.6. The van der Waals surface area contributed by atoms with E-state index in [1.807, 2.05) is 17.5 Å². The van der Waals surface area contributed by atoms with Gasteiger partial charge in [0.25, 0.3) is 15.9 Å². The second-order valence-electron chi connectivity index (χ2n) is 6.56. The highest BCUT2D eigenvalue weighted by Gasteiger charge is 2.26. The first kappa shape index (κ1) is 20.2. The molecule has 0 bridgehead atoms. The minimum atomic E-state index is -3.94. The number of anilines is 2. The quantitative estimate of drug-likeness (QED) is 0.555. The first-order valence-electron chi connectivity index (χ1n) is 8.81. The van der Waals surface area contributed by atoms with E-state index in [1.54, 1.807) is 23.1 Å². The first-order valence-corrected chi connectivity index (χ1v) is 11.9. The molecule has 0 aliphatic carbocycles. The smallest absolute Gasteiger partial charge is 0.268 e. The van der Waals surface area contributed by atoms with Crippen molar-refractivity contribution in [2.24, 2.45) is 0 Å². The third-order valence-electron chi connectivity index (χ3n) is 4.62. The molecule has 5 nitrogen and oxygen atoms in total. The molecule has 1 N–H and O–H groups in total. The van der Waals surface area contributed by atoms with Crippen LogP contribution >= 0.6 is 34.5 Å². The van der Waals surface area contributed by atoms with E-state index in [9.17, 15) is 13.2 Å². The SMILES string of the molecule is O=C(c1cccs1)N1CCCc2ccc(NS(=O)(=O)c3cc(Cl)ccc3Cl)cc21. The first-order chi connectivity index (χ1) is 13.8. The third-order valence-corrected chi connectivity index (χ3v) is 7.57. The van der Waals surface area contributed by atoms with Crippen LogP contribution in [-0.4, -0.2) is 20.9 Å². The van der Waals surface area contributed by atoms with Crippen LogP contribution in [0, 0.1) is 0 Å². The highest BCUT2D eigenvalue weighted by molar-refractivity contribution is 7.92. The van der Waals surface area contributed by atoms with Crippen LogP contribution in [0.5, 0.6) is 0 Å². The fourth-order valence-corrected chi connectivity index (χ4v) is 5.76. The minimum Gasteiger partial charge on any atom is -0.307 e. The zero-order valence-electron chi connectivity index (χ0n) is 15.1. The molecule has 2 heterocycles. The Morgan fingerprint density at radius 3 is 2.69 bits per heavy atom. The van der Waals surface area contributed by atoms with Crippen molar-refractivity contribution in [3.63, 3.8) is 0 Å². The summed E-state index contributed by atoms with van der Waals surface area (Å²) in [6, 6.07) is 13.1. The molecule has 0 radical (unpaired) electrons. The number of carbonyl (C=O) groups excluding carboxylic acids is 1. The predicted molar refractivity (Wildman–Crippen MR) is 118 cm³/mol. The van der Waals surface area contributed by atoms with Crippen molar-refractivity contribution in [1.29, 1.82) is 0 Å². The van der Waals surface area contributed by atoms with Gasteiger partial charge in [-0.1, -0.05) is 35.3 Å². The molecule has 0 saturated carbocycles. The molecular weight excluding hydrogens is 451 g/mol. The largest absolute Gasteiger partial charge is 0.307 e. The normalized spacial score (nSPS) is 13.8. The standard InChI is InChI=1S/C20H16Cl2N2O3S2/c21-14-6-8-16(22)19(11-14)29(26,27)23-15-7-5-13-3-1-9-24(17(13)12-15)20(25)18-4-2-10-28-18/h2,4-8,10-12,23H,1,3,9H2. The summed E-state index contributed by atoms with van der Waals surface area (Å²) in [4.78, 5) is 15.1. The Labute approximate surface area is 182 Å². The van der Waals surface area contributed by atoms with Gasteiger partial charge in [0.2, 0.25) is 0 Å². The maximum absolute atomic E-state index is 12.9. The highest BCUT2D eigenvalue weighted by atomic mass is 35.5. The maximum atomic E-state index is 12.9. The van der Waals surface area contributed by atoms with E-state index in [1.165, 1.54) is 29.5 Å². The van der Waals surface area contributed by atoms with Crippen LogP contribution in [0.15, 0.2) is 58.8 Å². The molecule has 3 aromatic rings. The number of halogens is 2. The lowest BCUT2D eigenvalue weighted by molar-refractivity contribution is 0.0989. The van der Waals surface area contributed by atoms with Gasteiger partial charge in [0, 0.05) is 17.3 Å². The molecular formula is C20H16Cl2N2O3S2. The van der Waals surface area contributed by atoms with E-state index in [-0.39, 0.29) is 20.8 Å². The molecule has 4 rings (SSSR count). The lowest BCUT2D eigenvalue weighted by atomic mass is 10.0. The molecule has 0 saturated heterocycles. The van der Waals surface area contributed by atoms with Crippen molar-refractivity contribution >= 4 is 61.8 Å². The van der Waals surface area contributed by atoms with Gasteiger partial charge in [0.1, 0.15) is 4.90 Å². The van der Waals surface area contributed by atoms with E-state index >= 15 is 0 Å². The van der Waals surface area contributed by atoms with Gasteiger partial charge in [-0.3, -0.25) is 9.52 Å². The number of amides is 1. The predicted octanol–water partition coefficient (Wildman–Crippen LogP) is 5.45. The topological polar surface area (TPSA) is 66.5 Å². The van der Waals surface area contributed by atoms with Crippen LogP contribution in [0.3, 0.4) is 0 Å². The van der Waals surface area contributed by atoms with Crippen LogP contribution < -0.4 is 9.62 Å². The monoisotopic (exact) mass is 466 g/mol. The zero-order valence-corrected chi connectivity index (χ0v) is 18.2. The highest BCUT2D eigenvalue weighted by Crippen LogP contribution is 2.33. The van der Waals surface area contributed by atoms with Gasteiger partial charge in [-0.25, -0.2) is 8.42 Å². The molecule has 0 spiro atoms. The Kier molecular flexibility index (Phi) is 5.57. The van der Waals surface area contributed by atoms with E-state index in [0.717, 1.165) is 18.4 Å². The number of hydrogen-bond acceptors (Lipinski definition) is 4. The van der Waals surface area contributed by atoms with Crippen LogP contribution in [0.4, 0.5) is 11.4 Å². The average Bonchev–Trinajstić information content (AvgIpc) is 3.23. The van der Waals surface area contributed by atoms with Gasteiger partial charge in [0.05, 0.1) is 15.6 Å². The van der Waals surface area contributed by atoms with Crippen LogP contribution in [-0.2, 0) is 16.4 Å². The van der Waals surface area contributed by atoms with E-state index in [4.69, 9.17) is 23.2 Å². The van der Waals surface area contributed by atoms with Crippen molar-refractivity contribution in [2.45, 2.75) is 17.7 Å². The fourth-order valence-electron chi connectivity index (χ4n) is 3.28.